The number of hydrogen-bond acceptors (Lipinski definition) is 5. The largest absolute Gasteiger partial charge is 0.472 e. The molecular formula is C70H122N2O6P+. The summed E-state index contributed by atoms with van der Waals surface area (Å²) in [4.78, 5) is 23.4. The third-order valence-corrected chi connectivity index (χ3v) is 14.6. The maximum Gasteiger partial charge on any atom is 0.472 e. The number of aliphatic hydroxyl groups is 1. The van der Waals surface area contributed by atoms with Crippen LogP contribution in [0.4, 0.5) is 0 Å². The van der Waals surface area contributed by atoms with Crippen LogP contribution in [-0.4, -0.2) is 73.4 Å². The van der Waals surface area contributed by atoms with Crippen LogP contribution < -0.4 is 5.32 Å². The van der Waals surface area contributed by atoms with Crippen molar-refractivity contribution in [2.24, 2.45) is 0 Å². The Balaban J connectivity index is 4.32. The van der Waals surface area contributed by atoms with Gasteiger partial charge in [0.05, 0.1) is 39.9 Å². The van der Waals surface area contributed by atoms with Gasteiger partial charge in [-0.15, -0.1) is 0 Å². The highest BCUT2D eigenvalue weighted by molar-refractivity contribution is 7.47. The first-order chi connectivity index (χ1) is 38.5. The van der Waals surface area contributed by atoms with E-state index < -0.39 is 20.0 Å². The highest BCUT2D eigenvalue weighted by atomic mass is 31.2. The molecule has 0 aromatic carbocycles. The van der Waals surface area contributed by atoms with Gasteiger partial charge >= 0.3 is 7.82 Å². The summed E-state index contributed by atoms with van der Waals surface area (Å²) in [5.74, 6) is -0.222. The first kappa shape index (κ1) is 75.6. The smallest absolute Gasteiger partial charge is 0.387 e. The third-order valence-electron chi connectivity index (χ3n) is 13.6. The average Bonchev–Trinajstić information content (AvgIpc) is 3.42. The fourth-order valence-corrected chi connectivity index (χ4v) is 9.37. The highest BCUT2D eigenvalue weighted by Crippen LogP contribution is 2.43. The van der Waals surface area contributed by atoms with Crippen molar-refractivity contribution in [1.82, 2.24) is 5.32 Å². The molecule has 0 fully saturated rings. The lowest BCUT2D eigenvalue weighted by Gasteiger charge is -2.25. The maximum atomic E-state index is 13.0. The summed E-state index contributed by atoms with van der Waals surface area (Å²) >= 11 is 0. The number of nitrogens with one attached hydrogen (secondary N) is 1. The normalized spacial score (nSPS) is 14.7. The van der Waals surface area contributed by atoms with Gasteiger partial charge in [-0.2, -0.15) is 0 Å². The standard InChI is InChI=1S/C70H121N2O6P/c1-6-8-10-12-14-16-18-20-22-24-26-28-30-32-34-35-36-37-38-40-42-44-46-48-50-52-54-56-58-60-62-64-70(74)71-68(67-78-79(75,76)77-66-65-72(3,4)5)69(73)63-61-59-57-55-53-51-49-47-45-43-41-39-33-31-29-27-25-23-21-19-17-15-13-11-9-7-2/h8,10,14,16,20,22,26,28,32,34,36-37,40,42,46,48,52-55,61,63,68-69,73H,6-7,9,11-13,15,17-19,21,23-25,27,29-31,33,35,38-39,41,43-45,47,49-51,56-60,62,64-67H2,1-5H3,(H-,71,74,75,76)/p+1/b10-8-,16-14-,22-20-,28-26-,34-32-,37-36-,42-40-,48-46-,54-52-,55-53+,63-61+. The molecule has 0 heterocycles. The summed E-state index contributed by atoms with van der Waals surface area (Å²) in [6, 6.07) is -0.893. The molecule has 3 unspecified atom stereocenters. The van der Waals surface area contributed by atoms with E-state index in [1.54, 1.807) is 6.08 Å². The molecule has 79 heavy (non-hydrogen) atoms. The third kappa shape index (κ3) is 62.1. The Morgan fingerprint density at radius 3 is 1.16 bits per heavy atom. The number of aliphatic hydroxyl groups excluding tert-OH is 1. The molecule has 8 nitrogen and oxygen atoms in total. The second-order valence-electron chi connectivity index (χ2n) is 22.4. The van der Waals surface area contributed by atoms with Crippen LogP contribution >= 0.6 is 7.82 Å². The zero-order valence-corrected chi connectivity index (χ0v) is 52.5. The topological polar surface area (TPSA) is 105 Å². The SMILES string of the molecule is CC/C=C\C/C=C\C/C=C\C/C=C\C/C=C\C/C=C\C/C=C\C/C=C\C/C=C\CCCCCC(=O)NC(COP(=O)(O)OCC[N+](C)(C)C)C(O)/C=C/CC/C=C/CCCCCCCCCCCCCCCCCCCCCC. The zero-order chi connectivity index (χ0) is 57.7. The molecule has 0 aliphatic rings. The number of phosphoric ester groups is 1. The summed E-state index contributed by atoms with van der Waals surface area (Å²) in [7, 11) is 1.51. The second kappa shape index (κ2) is 59.3. The van der Waals surface area contributed by atoms with Crippen molar-refractivity contribution in [2.75, 3.05) is 40.9 Å². The number of carbonyl (C=O) groups is 1. The van der Waals surface area contributed by atoms with Gasteiger partial charge in [-0.1, -0.05) is 276 Å². The van der Waals surface area contributed by atoms with Gasteiger partial charge in [0.1, 0.15) is 13.2 Å². The van der Waals surface area contributed by atoms with Gasteiger partial charge in [-0.25, -0.2) is 4.57 Å². The lowest BCUT2D eigenvalue weighted by molar-refractivity contribution is -0.870. The molecule has 0 saturated carbocycles. The van der Waals surface area contributed by atoms with Gasteiger partial charge in [0.15, 0.2) is 0 Å². The van der Waals surface area contributed by atoms with Gasteiger partial charge < -0.3 is 19.8 Å². The average molecular weight is 1120 g/mol. The van der Waals surface area contributed by atoms with Crippen LogP contribution in [0.15, 0.2) is 134 Å². The van der Waals surface area contributed by atoms with Crippen LogP contribution in [0.5, 0.6) is 0 Å². The Hall–Kier alpha value is -3.36. The predicted molar refractivity (Wildman–Crippen MR) is 345 cm³/mol. The van der Waals surface area contributed by atoms with Gasteiger partial charge in [-0.3, -0.25) is 13.8 Å². The summed E-state index contributed by atoms with van der Waals surface area (Å²) in [6.07, 6.45) is 90.1. The highest BCUT2D eigenvalue weighted by Gasteiger charge is 2.27. The molecule has 0 aliphatic carbocycles. The first-order valence-corrected chi connectivity index (χ1v) is 33.6. The van der Waals surface area contributed by atoms with Gasteiger partial charge in [0, 0.05) is 6.42 Å². The zero-order valence-electron chi connectivity index (χ0n) is 51.6. The Bertz CT molecular complexity index is 1750. The first-order valence-electron chi connectivity index (χ1n) is 32.1. The van der Waals surface area contributed by atoms with Crippen molar-refractivity contribution < 1.29 is 32.9 Å². The minimum Gasteiger partial charge on any atom is -0.387 e. The Labute approximate surface area is 487 Å². The number of amides is 1. The molecule has 0 saturated heterocycles. The minimum atomic E-state index is -4.38. The maximum absolute atomic E-state index is 13.0. The van der Waals surface area contributed by atoms with Crippen LogP contribution in [0.1, 0.15) is 251 Å². The van der Waals surface area contributed by atoms with Crippen LogP contribution in [-0.2, 0) is 18.4 Å². The number of carbonyl (C=O) groups excluding carboxylic acids is 1. The molecule has 0 bridgehead atoms. The van der Waals surface area contributed by atoms with Crippen molar-refractivity contribution in [3.8, 4) is 0 Å². The summed E-state index contributed by atoms with van der Waals surface area (Å²) < 4.78 is 23.7. The molecule has 0 aromatic rings. The second-order valence-corrected chi connectivity index (χ2v) is 23.8. The Morgan fingerprint density at radius 2 is 0.772 bits per heavy atom. The summed E-state index contributed by atoms with van der Waals surface area (Å²) in [5, 5.41) is 13.9. The van der Waals surface area contributed by atoms with Crippen LogP contribution in [0.2, 0.25) is 0 Å². The van der Waals surface area contributed by atoms with Gasteiger partial charge in [0.2, 0.25) is 5.91 Å². The van der Waals surface area contributed by atoms with Crippen molar-refractivity contribution in [3.63, 3.8) is 0 Å². The van der Waals surface area contributed by atoms with E-state index in [1.165, 1.54) is 128 Å². The molecule has 0 radical (unpaired) electrons. The van der Waals surface area contributed by atoms with Crippen LogP contribution in [0, 0.1) is 0 Å². The van der Waals surface area contributed by atoms with Gasteiger partial charge in [0.25, 0.3) is 0 Å². The van der Waals surface area contributed by atoms with E-state index in [-0.39, 0.29) is 19.1 Å². The fraction of sp³-hybridized carbons (Fsp3) is 0.671. The minimum absolute atomic E-state index is 0.0419. The lowest BCUT2D eigenvalue weighted by atomic mass is 10.0. The molecule has 3 N–H and O–H groups in total. The predicted octanol–water partition coefficient (Wildman–Crippen LogP) is 20.3. The number of rotatable bonds is 57. The Kier molecular flexibility index (Phi) is 56.7. The summed E-state index contributed by atoms with van der Waals surface area (Å²) in [5.41, 5.74) is 0. The van der Waals surface area contributed by atoms with Crippen LogP contribution in [0.3, 0.4) is 0 Å². The molecule has 0 aromatic heterocycles. The number of nitrogens with zero attached hydrogens (tertiary/aromatic N) is 1. The quantitative estimate of drug-likeness (QED) is 0.0243. The number of quaternary nitrogens is 1. The number of hydrogen-bond donors (Lipinski definition) is 3. The van der Waals surface area contributed by atoms with E-state index in [4.69, 9.17) is 9.05 Å². The fourth-order valence-electron chi connectivity index (χ4n) is 8.64. The van der Waals surface area contributed by atoms with Gasteiger partial charge in [-0.05, 0) is 103 Å². The monoisotopic (exact) mass is 1120 g/mol. The van der Waals surface area contributed by atoms with Crippen molar-refractivity contribution >= 4 is 13.7 Å². The molecular weight excluding hydrogens is 996 g/mol. The van der Waals surface area contributed by atoms with Crippen molar-refractivity contribution in [2.45, 2.75) is 264 Å². The lowest BCUT2D eigenvalue weighted by Crippen LogP contribution is -2.45. The number of phosphoric acid groups is 1. The molecule has 452 valence electrons. The van der Waals surface area contributed by atoms with Crippen molar-refractivity contribution in [1.29, 1.82) is 0 Å². The van der Waals surface area contributed by atoms with Crippen molar-refractivity contribution in [3.05, 3.63) is 134 Å². The molecule has 3 atom stereocenters. The van der Waals surface area contributed by atoms with E-state index >= 15 is 0 Å². The molecule has 9 heteroatoms. The van der Waals surface area contributed by atoms with E-state index in [1.807, 2.05) is 27.2 Å². The van der Waals surface area contributed by atoms with E-state index in [0.29, 0.717) is 23.9 Å². The Morgan fingerprint density at radius 1 is 0.443 bits per heavy atom. The van der Waals surface area contributed by atoms with E-state index in [9.17, 15) is 19.4 Å². The number of likely N-dealkylation sites (N-methyl/N-ethyl adjacent to an activating group) is 1. The van der Waals surface area contributed by atoms with E-state index in [0.717, 1.165) is 96.3 Å². The van der Waals surface area contributed by atoms with Crippen LogP contribution in [0.25, 0.3) is 0 Å². The molecule has 0 rings (SSSR count). The number of unbranched alkanes of at least 4 members (excludes halogenated alkanes) is 24. The molecule has 0 aliphatic heterocycles. The van der Waals surface area contributed by atoms with E-state index in [2.05, 4.69) is 141 Å². The molecule has 1 amide bonds. The summed E-state index contributed by atoms with van der Waals surface area (Å²) in [6.45, 7) is 4.66. The number of allylic oxidation sites excluding steroid dienone is 21. The molecule has 0 spiro atoms.